The summed E-state index contributed by atoms with van der Waals surface area (Å²) in [7, 11) is 1.59. The Labute approximate surface area is 129 Å². The van der Waals surface area contributed by atoms with E-state index in [4.69, 9.17) is 0 Å². The number of nitrogens with one attached hydrogen (secondary N) is 2. The van der Waals surface area contributed by atoms with E-state index in [9.17, 15) is 14.4 Å². The zero-order chi connectivity index (χ0) is 16.2. The molecule has 1 fully saturated rings. The molecular formula is C15H20N4O3. The number of aromatic nitrogens is 1. The van der Waals surface area contributed by atoms with Gasteiger partial charge < -0.3 is 15.5 Å². The van der Waals surface area contributed by atoms with Gasteiger partial charge in [0, 0.05) is 38.1 Å². The maximum atomic E-state index is 12.1. The Kier molecular flexibility index (Phi) is 4.75. The van der Waals surface area contributed by atoms with Crippen LogP contribution in [0.15, 0.2) is 24.5 Å². The number of likely N-dealkylation sites (tertiary alicyclic amines) is 1. The third-order valence-corrected chi connectivity index (χ3v) is 3.94. The molecule has 3 amide bonds. The van der Waals surface area contributed by atoms with Gasteiger partial charge in [0.2, 0.25) is 11.8 Å². The van der Waals surface area contributed by atoms with Crippen molar-refractivity contribution in [3.8, 4) is 0 Å². The topological polar surface area (TPSA) is 91.4 Å². The first-order valence-corrected chi connectivity index (χ1v) is 7.14. The van der Waals surface area contributed by atoms with Crippen molar-refractivity contribution in [1.82, 2.24) is 20.5 Å². The van der Waals surface area contributed by atoms with Crippen LogP contribution in [0.5, 0.6) is 0 Å². The van der Waals surface area contributed by atoms with E-state index in [0.717, 1.165) is 0 Å². The SMILES string of the molecule is CNC(=O)C1(C)CCN(C(=O)CNC(=O)c2ccncc2)C1. The number of nitrogens with zero attached hydrogens (tertiary/aromatic N) is 2. The summed E-state index contributed by atoms with van der Waals surface area (Å²) in [5, 5.41) is 5.21. The van der Waals surface area contributed by atoms with Gasteiger partial charge in [-0.15, -0.1) is 0 Å². The van der Waals surface area contributed by atoms with Gasteiger partial charge in [-0.25, -0.2) is 0 Å². The lowest BCUT2D eigenvalue weighted by atomic mass is 9.89. The number of rotatable bonds is 4. The molecule has 1 aromatic heterocycles. The van der Waals surface area contributed by atoms with Crippen molar-refractivity contribution in [2.45, 2.75) is 13.3 Å². The zero-order valence-electron chi connectivity index (χ0n) is 12.8. The van der Waals surface area contributed by atoms with Gasteiger partial charge in [-0.1, -0.05) is 0 Å². The van der Waals surface area contributed by atoms with E-state index in [1.54, 1.807) is 24.1 Å². The van der Waals surface area contributed by atoms with Crippen molar-refractivity contribution in [2.75, 3.05) is 26.7 Å². The van der Waals surface area contributed by atoms with E-state index >= 15 is 0 Å². The maximum absolute atomic E-state index is 12.1. The van der Waals surface area contributed by atoms with Crippen molar-refractivity contribution >= 4 is 17.7 Å². The molecule has 0 saturated carbocycles. The monoisotopic (exact) mass is 304 g/mol. The van der Waals surface area contributed by atoms with Gasteiger partial charge in [0.25, 0.3) is 5.91 Å². The summed E-state index contributed by atoms with van der Waals surface area (Å²) in [6.45, 7) is 2.66. The molecule has 1 aliphatic heterocycles. The van der Waals surface area contributed by atoms with Crippen LogP contribution in [0.4, 0.5) is 0 Å². The molecule has 1 atom stereocenters. The minimum Gasteiger partial charge on any atom is -0.359 e. The smallest absolute Gasteiger partial charge is 0.251 e. The second-order valence-corrected chi connectivity index (χ2v) is 5.62. The van der Waals surface area contributed by atoms with E-state index in [1.165, 1.54) is 12.4 Å². The van der Waals surface area contributed by atoms with Crippen LogP contribution < -0.4 is 10.6 Å². The molecule has 0 spiro atoms. The summed E-state index contributed by atoms with van der Waals surface area (Å²) in [5.41, 5.74) is -0.0982. The molecule has 0 radical (unpaired) electrons. The van der Waals surface area contributed by atoms with Crippen LogP contribution in [-0.2, 0) is 9.59 Å². The number of hydrogen-bond acceptors (Lipinski definition) is 4. The fraction of sp³-hybridized carbons (Fsp3) is 0.467. The Balaban J connectivity index is 1.86. The molecule has 7 nitrogen and oxygen atoms in total. The largest absolute Gasteiger partial charge is 0.359 e. The second-order valence-electron chi connectivity index (χ2n) is 5.62. The first kappa shape index (κ1) is 15.9. The molecule has 2 N–H and O–H groups in total. The second kappa shape index (κ2) is 6.55. The number of hydrogen-bond donors (Lipinski definition) is 2. The number of pyridine rings is 1. The van der Waals surface area contributed by atoms with Crippen molar-refractivity contribution in [3.63, 3.8) is 0 Å². The predicted octanol–water partition coefficient (Wildman–Crippen LogP) is -0.204. The van der Waals surface area contributed by atoms with Gasteiger partial charge in [-0.05, 0) is 25.5 Å². The minimum absolute atomic E-state index is 0.0661. The van der Waals surface area contributed by atoms with E-state index in [1.807, 2.05) is 6.92 Å². The lowest BCUT2D eigenvalue weighted by Crippen LogP contribution is -2.43. The molecule has 22 heavy (non-hydrogen) atoms. The molecular weight excluding hydrogens is 284 g/mol. The van der Waals surface area contributed by atoms with Gasteiger partial charge in [-0.2, -0.15) is 0 Å². The van der Waals surface area contributed by atoms with E-state index in [-0.39, 0.29) is 24.3 Å². The summed E-state index contributed by atoms with van der Waals surface area (Å²) in [6, 6.07) is 3.16. The van der Waals surface area contributed by atoms with Crippen LogP contribution in [0, 0.1) is 5.41 Å². The Morgan fingerprint density at radius 1 is 1.32 bits per heavy atom. The van der Waals surface area contributed by atoms with E-state index in [2.05, 4.69) is 15.6 Å². The first-order valence-electron chi connectivity index (χ1n) is 7.14. The molecule has 1 unspecified atom stereocenters. The normalized spacial score (nSPS) is 20.5. The maximum Gasteiger partial charge on any atom is 0.251 e. The summed E-state index contributed by atoms with van der Waals surface area (Å²) in [6.07, 6.45) is 3.66. The van der Waals surface area contributed by atoms with Crippen LogP contribution >= 0.6 is 0 Å². The average Bonchev–Trinajstić information content (AvgIpc) is 2.96. The van der Waals surface area contributed by atoms with Crippen molar-refractivity contribution in [1.29, 1.82) is 0 Å². The Morgan fingerprint density at radius 3 is 2.64 bits per heavy atom. The lowest BCUT2D eigenvalue weighted by molar-refractivity contribution is -0.131. The van der Waals surface area contributed by atoms with E-state index in [0.29, 0.717) is 25.1 Å². The van der Waals surface area contributed by atoms with Gasteiger partial charge in [-0.3, -0.25) is 19.4 Å². The van der Waals surface area contributed by atoms with Gasteiger partial charge >= 0.3 is 0 Å². The van der Waals surface area contributed by atoms with Crippen LogP contribution in [0.3, 0.4) is 0 Å². The van der Waals surface area contributed by atoms with Crippen molar-refractivity contribution in [2.24, 2.45) is 5.41 Å². The Morgan fingerprint density at radius 2 is 2.00 bits per heavy atom. The zero-order valence-corrected chi connectivity index (χ0v) is 12.8. The molecule has 2 heterocycles. The highest BCUT2D eigenvalue weighted by Crippen LogP contribution is 2.29. The lowest BCUT2D eigenvalue weighted by Gasteiger charge is -2.22. The predicted molar refractivity (Wildman–Crippen MR) is 79.9 cm³/mol. The molecule has 1 aromatic rings. The molecule has 0 aromatic carbocycles. The summed E-state index contributed by atoms with van der Waals surface area (Å²) >= 11 is 0. The number of carbonyl (C=O) groups is 3. The molecule has 0 bridgehead atoms. The molecule has 0 aliphatic carbocycles. The summed E-state index contributed by atoms with van der Waals surface area (Å²) in [4.78, 5) is 41.3. The number of carbonyl (C=O) groups excluding carboxylic acids is 3. The molecule has 1 saturated heterocycles. The summed E-state index contributed by atoms with van der Waals surface area (Å²) < 4.78 is 0. The van der Waals surface area contributed by atoms with Gasteiger partial charge in [0.05, 0.1) is 12.0 Å². The van der Waals surface area contributed by atoms with Crippen LogP contribution in [0.25, 0.3) is 0 Å². The molecule has 1 aliphatic rings. The van der Waals surface area contributed by atoms with Gasteiger partial charge in [0.1, 0.15) is 0 Å². The highest BCUT2D eigenvalue weighted by Gasteiger charge is 2.41. The highest BCUT2D eigenvalue weighted by molar-refractivity contribution is 5.96. The van der Waals surface area contributed by atoms with Crippen molar-refractivity contribution < 1.29 is 14.4 Å². The molecule has 118 valence electrons. The Hall–Kier alpha value is -2.44. The average molecular weight is 304 g/mol. The van der Waals surface area contributed by atoms with Crippen molar-refractivity contribution in [3.05, 3.63) is 30.1 Å². The molecule has 2 rings (SSSR count). The molecule has 7 heteroatoms. The van der Waals surface area contributed by atoms with Crippen LogP contribution in [0.1, 0.15) is 23.7 Å². The summed E-state index contributed by atoms with van der Waals surface area (Å²) in [5.74, 6) is -0.567. The standard InChI is InChI=1S/C15H20N4O3/c1-15(14(22)16-2)5-8-19(10-15)12(20)9-18-13(21)11-3-6-17-7-4-11/h3-4,6-7H,5,8-10H2,1-2H3,(H,16,22)(H,18,21). The third-order valence-electron chi connectivity index (χ3n) is 3.94. The number of amides is 3. The fourth-order valence-electron chi connectivity index (χ4n) is 2.53. The minimum atomic E-state index is -0.556. The highest BCUT2D eigenvalue weighted by atomic mass is 16.2. The Bertz CT molecular complexity index is 575. The van der Waals surface area contributed by atoms with E-state index < -0.39 is 5.41 Å². The van der Waals surface area contributed by atoms with Crippen LogP contribution in [0.2, 0.25) is 0 Å². The van der Waals surface area contributed by atoms with Crippen LogP contribution in [-0.4, -0.2) is 54.3 Å². The fourth-order valence-corrected chi connectivity index (χ4v) is 2.53. The first-order chi connectivity index (χ1) is 10.5. The quantitative estimate of drug-likeness (QED) is 0.805. The third kappa shape index (κ3) is 3.41. The van der Waals surface area contributed by atoms with Gasteiger partial charge in [0.15, 0.2) is 0 Å².